The van der Waals surface area contributed by atoms with Crippen LogP contribution in [-0.4, -0.2) is 6.04 Å². The molecule has 0 radical (unpaired) electrons. The predicted octanol–water partition coefficient (Wildman–Crippen LogP) is 1.77. The van der Waals surface area contributed by atoms with Crippen LogP contribution in [0.5, 0.6) is 0 Å². The fraction of sp³-hybridized carbons (Fsp3) is 1.00. The van der Waals surface area contributed by atoms with Crippen LogP contribution >= 0.6 is 0 Å². The van der Waals surface area contributed by atoms with Crippen LogP contribution in [0.1, 0.15) is 33.6 Å². The lowest BCUT2D eigenvalue weighted by Crippen LogP contribution is -2.23. The van der Waals surface area contributed by atoms with Gasteiger partial charge in [0.15, 0.2) is 0 Å². The van der Waals surface area contributed by atoms with Gasteiger partial charge in [-0.1, -0.05) is 20.3 Å². The Morgan fingerprint density at radius 3 is 2.00 bits per heavy atom. The molecule has 1 heteroatoms. The summed E-state index contributed by atoms with van der Waals surface area (Å²) in [6.07, 6.45) is 2.51. The highest BCUT2D eigenvalue weighted by atomic mass is 14.6. The molecule has 0 amide bonds. The molecule has 0 aliphatic rings. The summed E-state index contributed by atoms with van der Waals surface area (Å²) in [7, 11) is 0. The van der Waals surface area contributed by atoms with Gasteiger partial charge in [-0.15, -0.1) is 0 Å². The summed E-state index contributed by atoms with van der Waals surface area (Å²) in [5.41, 5.74) is 5.62. The Morgan fingerprint density at radius 2 is 1.88 bits per heavy atom. The van der Waals surface area contributed by atoms with Crippen LogP contribution in [0.4, 0.5) is 0 Å². The van der Waals surface area contributed by atoms with Crippen molar-refractivity contribution in [3.63, 3.8) is 0 Å². The van der Waals surface area contributed by atoms with Gasteiger partial charge in [0.2, 0.25) is 0 Å². The third-order valence-corrected chi connectivity index (χ3v) is 1.64. The van der Waals surface area contributed by atoms with Gasteiger partial charge in [0.05, 0.1) is 0 Å². The summed E-state index contributed by atoms with van der Waals surface area (Å²) in [6.45, 7) is 6.47. The summed E-state index contributed by atoms with van der Waals surface area (Å²) in [4.78, 5) is 0. The molecule has 0 saturated carbocycles. The Labute approximate surface area is 52.3 Å². The summed E-state index contributed by atoms with van der Waals surface area (Å²) < 4.78 is 0. The van der Waals surface area contributed by atoms with E-state index >= 15 is 0 Å². The average Bonchev–Trinajstić information content (AvgIpc) is 1.67. The lowest BCUT2D eigenvalue weighted by atomic mass is 9.99. The topological polar surface area (TPSA) is 26.0 Å². The van der Waals surface area contributed by atoms with E-state index in [0.717, 1.165) is 0 Å². The Bertz CT molecular complexity index is 50.3. The average molecular weight is 115 g/mol. The van der Waals surface area contributed by atoms with Gasteiger partial charge in [0.25, 0.3) is 0 Å². The standard InChI is InChI=1S/C7H17N/c1-4-5-6(2)7(3)8/h6-7H,4-5,8H2,1-3H3/t6-,7?/m0/s1. The number of hydrogen-bond acceptors (Lipinski definition) is 1. The maximum Gasteiger partial charge on any atom is 0.00361 e. The molecule has 8 heavy (non-hydrogen) atoms. The van der Waals surface area contributed by atoms with E-state index in [1.165, 1.54) is 12.8 Å². The van der Waals surface area contributed by atoms with Gasteiger partial charge in [-0.3, -0.25) is 0 Å². The number of nitrogens with two attached hydrogens (primary N) is 1. The second-order valence-corrected chi connectivity index (χ2v) is 2.63. The van der Waals surface area contributed by atoms with Crippen molar-refractivity contribution < 1.29 is 0 Å². The Balaban J connectivity index is 3.17. The maximum absolute atomic E-state index is 5.62. The van der Waals surface area contributed by atoms with Crippen molar-refractivity contribution in [3.8, 4) is 0 Å². The zero-order valence-corrected chi connectivity index (χ0v) is 6.15. The highest BCUT2D eigenvalue weighted by Gasteiger charge is 2.03. The minimum atomic E-state index is 0.370. The van der Waals surface area contributed by atoms with Crippen LogP contribution in [0, 0.1) is 5.92 Å². The molecule has 0 aromatic carbocycles. The summed E-state index contributed by atoms with van der Waals surface area (Å²) in [6, 6.07) is 0.370. The highest BCUT2D eigenvalue weighted by molar-refractivity contribution is 4.61. The first-order chi connectivity index (χ1) is 3.68. The van der Waals surface area contributed by atoms with Crippen LogP contribution in [0.15, 0.2) is 0 Å². The zero-order valence-electron chi connectivity index (χ0n) is 6.15. The number of hydrogen-bond donors (Lipinski definition) is 1. The van der Waals surface area contributed by atoms with E-state index in [9.17, 15) is 0 Å². The maximum atomic E-state index is 5.62. The quantitative estimate of drug-likeness (QED) is 0.596. The molecule has 0 aliphatic heterocycles. The SMILES string of the molecule is CCC[C@H](C)C(C)N. The second-order valence-electron chi connectivity index (χ2n) is 2.63. The third kappa shape index (κ3) is 3.03. The van der Waals surface area contributed by atoms with Gasteiger partial charge < -0.3 is 5.73 Å². The van der Waals surface area contributed by atoms with Crippen molar-refractivity contribution in [1.29, 1.82) is 0 Å². The van der Waals surface area contributed by atoms with Crippen LogP contribution in [-0.2, 0) is 0 Å². The lowest BCUT2D eigenvalue weighted by Gasteiger charge is -2.12. The van der Waals surface area contributed by atoms with E-state index in [-0.39, 0.29) is 0 Å². The molecule has 0 spiro atoms. The first-order valence-corrected chi connectivity index (χ1v) is 3.44. The van der Waals surface area contributed by atoms with E-state index in [1.807, 2.05) is 0 Å². The summed E-state index contributed by atoms with van der Waals surface area (Å²) >= 11 is 0. The zero-order chi connectivity index (χ0) is 6.57. The molecule has 0 heterocycles. The van der Waals surface area contributed by atoms with Crippen molar-refractivity contribution in [2.75, 3.05) is 0 Å². The van der Waals surface area contributed by atoms with E-state index in [4.69, 9.17) is 5.73 Å². The van der Waals surface area contributed by atoms with Gasteiger partial charge >= 0.3 is 0 Å². The first kappa shape index (κ1) is 7.96. The molecule has 0 bridgehead atoms. The fourth-order valence-electron chi connectivity index (χ4n) is 0.718. The Hall–Kier alpha value is -0.0400. The Morgan fingerprint density at radius 1 is 1.38 bits per heavy atom. The fourth-order valence-corrected chi connectivity index (χ4v) is 0.718. The first-order valence-electron chi connectivity index (χ1n) is 3.44. The van der Waals surface area contributed by atoms with E-state index in [2.05, 4.69) is 20.8 Å². The normalized spacial score (nSPS) is 18.0. The molecule has 0 aliphatic carbocycles. The molecule has 0 rings (SSSR count). The molecular formula is C7H17N. The smallest absolute Gasteiger partial charge is 0.00361 e. The monoisotopic (exact) mass is 115 g/mol. The minimum Gasteiger partial charge on any atom is -0.328 e. The molecule has 0 fully saturated rings. The molecule has 2 N–H and O–H groups in total. The molecule has 0 saturated heterocycles. The second kappa shape index (κ2) is 3.90. The molecule has 50 valence electrons. The minimum absolute atomic E-state index is 0.370. The van der Waals surface area contributed by atoms with Crippen LogP contribution in [0.2, 0.25) is 0 Å². The molecule has 1 unspecified atom stereocenters. The van der Waals surface area contributed by atoms with Crippen molar-refractivity contribution in [3.05, 3.63) is 0 Å². The molecule has 1 nitrogen and oxygen atoms in total. The Kier molecular flexibility index (Phi) is 3.88. The van der Waals surface area contributed by atoms with E-state index < -0.39 is 0 Å². The van der Waals surface area contributed by atoms with Gasteiger partial charge in [-0.25, -0.2) is 0 Å². The third-order valence-electron chi connectivity index (χ3n) is 1.64. The van der Waals surface area contributed by atoms with Crippen molar-refractivity contribution in [1.82, 2.24) is 0 Å². The van der Waals surface area contributed by atoms with Crippen LogP contribution in [0.3, 0.4) is 0 Å². The van der Waals surface area contributed by atoms with Gasteiger partial charge in [0, 0.05) is 6.04 Å². The van der Waals surface area contributed by atoms with Gasteiger partial charge in [-0.2, -0.15) is 0 Å². The largest absolute Gasteiger partial charge is 0.328 e. The highest BCUT2D eigenvalue weighted by Crippen LogP contribution is 2.06. The molecule has 2 atom stereocenters. The van der Waals surface area contributed by atoms with Crippen LogP contribution < -0.4 is 5.73 Å². The van der Waals surface area contributed by atoms with Gasteiger partial charge in [-0.05, 0) is 19.3 Å². The van der Waals surface area contributed by atoms with Crippen molar-refractivity contribution >= 4 is 0 Å². The summed E-state index contributed by atoms with van der Waals surface area (Å²) in [5.74, 6) is 0.694. The molecular weight excluding hydrogens is 98.1 g/mol. The van der Waals surface area contributed by atoms with Crippen LogP contribution in [0.25, 0.3) is 0 Å². The molecule has 0 aromatic rings. The lowest BCUT2D eigenvalue weighted by molar-refractivity contribution is 0.446. The number of rotatable bonds is 3. The molecule has 0 aromatic heterocycles. The predicted molar refractivity (Wildman–Crippen MR) is 37.7 cm³/mol. The van der Waals surface area contributed by atoms with Crippen molar-refractivity contribution in [2.24, 2.45) is 11.7 Å². The van der Waals surface area contributed by atoms with Crippen molar-refractivity contribution in [2.45, 2.75) is 39.7 Å². The van der Waals surface area contributed by atoms with E-state index in [1.54, 1.807) is 0 Å². The summed E-state index contributed by atoms with van der Waals surface area (Å²) in [5, 5.41) is 0. The van der Waals surface area contributed by atoms with Gasteiger partial charge in [0.1, 0.15) is 0 Å². The van der Waals surface area contributed by atoms with E-state index in [0.29, 0.717) is 12.0 Å².